The van der Waals surface area contributed by atoms with Crippen LogP contribution in [0.4, 0.5) is 13.2 Å². The molecule has 0 aliphatic heterocycles. The second-order valence-corrected chi connectivity index (χ2v) is 5.89. The highest BCUT2D eigenvalue weighted by molar-refractivity contribution is 9.09. The first-order chi connectivity index (χ1) is 9.36. The maximum atomic E-state index is 12.5. The summed E-state index contributed by atoms with van der Waals surface area (Å²) < 4.78 is 37.5. The van der Waals surface area contributed by atoms with Gasteiger partial charge in [0, 0.05) is 4.83 Å². The van der Waals surface area contributed by atoms with Gasteiger partial charge in [-0.15, -0.1) is 0 Å². The average molecular weight is 343 g/mol. The Morgan fingerprint density at radius 1 is 1.05 bits per heavy atom. The molecule has 0 N–H and O–H groups in total. The lowest BCUT2D eigenvalue weighted by Gasteiger charge is -2.12. The summed E-state index contributed by atoms with van der Waals surface area (Å²) in [4.78, 5) is 0.00610. The van der Waals surface area contributed by atoms with E-state index in [1.54, 1.807) is 0 Å². The molecule has 0 bridgehead atoms. The maximum absolute atomic E-state index is 12.5. The lowest BCUT2D eigenvalue weighted by atomic mass is 10.0. The summed E-state index contributed by atoms with van der Waals surface area (Å²) in [7, 11) is 0. The monoisotopic (exact) mass is 342 g/mol. The van der Waals surface area contributed by atoms with Crippen LogP contribution < -0.4 is 0 Å². The van der Waals surface area contributed by atoms with Crippen LogP contribution in [-0.4, -0.2) is 0 Å². The Kier molecular flexibility index (Phi) is 4.53. The standard InChI is InChI=1S/C16H14BrF3/c1-11-3-2-4-12(9-11)10-15(17)13-5-7-14(8-6-13)16(18,19)20/h2-9,15H,10H2,1H3. The molecule has 0 radical (unpaired) electrons. The Labute approximate surface area is 124 Å². The van der Waals surface area contributed by atoms with Crippen LogP contribution in [-0.2, 0) is 12.6 Å². The van der Waals surface area contributed by atoms with E-state index in [9.17, 15) is 13.2 Å². The van der Waals surface area contributed by atoms with E-state index < -0.39 is 11.7 Å². The number of benzene rings is 2. The van der Waals surface area contributed by atoms with E-state index in [4.69, 9.17) is 0 Å². The normalized spacial score (nSPS) is 13.2. The molecule has 0 aromatic heterocycles. The van der Waals surface area contributed by atoms with Crippen LogP contribution in [0.1, 0.15) is 27.1 Å². The Morgan fingerprint density at radius 3 is 2.25 bits per heavy atom. The Morgan fingerprint density at radius 2 is 1.70 bits per heavy atom. The third-order valence-corrected chi connectivity index (χ3v) is 3.95. The summed E-state index contributed by atoms with van der Waals surface area (Å²) >= 11 is 3.54. The second kappa shape index (κ2) is 6.00. The van der Waals surface area contributed by atoms with Gasteiger partial charge in [0.25, 0.3) is 0 Å². The summed E-state index contributed by atoms with van der Waals surface area (Å²) in [5, 5.41) is 0. The molecule has 2 aromatic carbocycles. The first kappa shape index (κ1) is 15.1. The van der Waals surface area contributed by atoms with E-state index in [0.29, 0.717) is 0 Å². The van der Waals surface area contributed by atoms with Crippen molar-refractivity contribution in [1.82, 2.24) is 0 Å². The molecule has 0 heterocycles. The molecule has 0 saturated carbocycles. The zero-order valence-corrected chi connectivity index (χ0v) is 12.5. The van der Waals surface area contributed by atoms with Gasteiger partial charge in [0.05, 0.1) is 5.56 Å². The molecular formula is C16H14BrF3. The van der Waals surface area contributed by atoms with Gasteiger partial charge in [-0.3, -0.25) is 0 Å². The van der Waals surface area contributed by atoms with Crippen molar-refractivity contribution in [2.45, 2.75) is 24.3 Å². The molecule has 106 valence electrons. The van der Waals surface area contributed by atoms with Crippen molar-refractivity contribution in [2.75, 3.05) is 0 Å². The van der Waals surface area contributed by atoms with Crippen LogP contribution in [0, 0.1) is 6.92 Å². The van der Waals surface area contributed by atoms with E-state index in [-0.39, 0.29) is 4.83 Å². The predicted molar refractivity (Wildman–Crippen MR) is 78.0 cm³/mol. The van der Waals surface area contributed by atoms with Gasteiger partial charge >= 0.3 is 6.18 Å². The molecule has 20 heavy (non-hydrogen) atoms. The van der Waals surface area contributed by atoms with Gasteiger partial charge in [0.1, 0.15) is 0 Å². The number of hydrogen-bond acceptors (Lipinski definition) is 0. The van der Waals surface area contributed by atoms with Crippen LogP contribution >= 0.6 is 15.9 Å². The lowest BCUT2D eigenvalue weighted by molar-refractivity contribution is -0.137. The molecule has 2 aromatic rings. The first-order valence-electron chi connectivity index (χ1n) is 6.23. The van der Waals surface area contributed by atoms with Gasteiger partial charge in [-0.25, -0.2) is 0 Å². The molecular weight excluding hydrogens is 329 g/mol. The van der Waals surface area contributed by atoms with Gasteiger partial charge in [0.2, 0.25) is 0 Å². The van der Waals surface area contributed by atoms with E-state index >= 15 is 0 Å². The first-order valence-corrected chi connectivity index (χ1v) is 7.14. The largest absolute Gasteiger partial charge is 0.416 e. The fraction of sp³-hybridized carbons (Fsp3) is 0.250. The average Bonchev–Trinajstić information content (AvgIpc) is 2.38. The summed E-state index contributed by atoms with van der Waals surface area (Å²) in [6.07, 6.45) is -3.54. The highest BCUT2D eigenvalue weighted by atomic mass is 79.9. The minimum absolute atomic E-state index is 0.00610. The van der Waals surface area contributed by atoms with Crippen LogP contribution in [0.3, 0.4) is 0 Å². The van der Waals surface area contributed by atoms with Crippen molar-refractivity contribution in [3.8, 4) is 0 Å². The van der Waals surface area contributed by atoms with Crippen LogP contribution in [0.5, 0.6) is 0 Å². The highest BCUT2D eigenvalue weighted by Gasteiger charge is 2.30. The molecule has 0 aliphatic carbocycles. The SMILES string of the molecule is Cc1cccc(CC(Br)c2ccc(C(F)(F)F)cc2)c1. The van der Waals surface area contributed by atoms with E-state index in [2.05, 4.69) is 22.0 Å². The van der Waals surface area contributed by atoms with Crippen LogP contribution in [0.25, 0.3) is 0 Å². The molecule has 0 amide bonds. The zero-order chi connectivity index (χ0) is 14.8. The minimum Gasteiger partial charge on any atom is -0.166 e. The maximum Gasteiger partial charge on any atom is 0.416 e. The summed E-state index contributed by atoms with van der Waals surface area (Å²) in [5.74, 6) is 0. The molecule has 2 rings (SSSR count). The second-order valence-electron chi connectivity index (χ2n) is 4.78. The lowest BCUT2D eigenvalue weighted by Crippen LogP contribution is -2.05. The summed E-state index contributed by atoms with van der Waals surface area (Å²) in [5.41, 5.74) is 2.57. The fourth-order valence-corrected chi connectivity index (χ4v) is 2.72. The van der Waals surface area contributed by atoms with E-state index in [1.807, 2.05) is 25.1 Å². The fourth-order valence-electron chi connectivity index (χ4n) is 2.04. The van der Waals surface area contributed by atoms with Gasteiger partial charge < -0.3 is 0 Å². The highest BCUT2D eigenvalue weighted by Crippen LogP contribution is 2.32. The van der Waals surface area contributed by atoms with Gasteiger partial charge in [-0.05, 0) is 36.6 Å². The summed E-state index contributed by atoms with van der Waals surface area (Å²) in [6, 6.07) is 13.4. The van der Waals surface area contributed by atoms with Crippen molar-refractivity contribution in [3.63, 3.8) is 0 Å². The van der Waals surface area contributed by atoms with Crippen molar-refractivity contribution < 1.29 is 13.2 Å². The number of rotatable bonds is 3. The number of aryl methyl sites for hydroxylation is 1. The molecule has 1 unspecified atom stereocenters. The summed E-state index contributed by atoms with van der Waals surface area (Å²) in [6.45, 7) is 2.02. The molecule has 1 atom stereocenters. The third kappa shape index (κ3) is 3.85. The molecule has 0 saturated heterocycles. The van der Waals surface area contributed by atoms with Crippen LogP contribution in [0.15, 0.2) is 48.5 Å². The number of hydrogen-bond donors (Lipinski definition) is 0. The van der Waals surface area contributed by atoms with Gasteiger partial charge in [-0.2, -0.15) is 13.2 Å². The van der Waals surface area contributed by atoms with Crippen molar-refractivity contribution in [1.29, 1.82) is 0 Å². The Bertz CT molecular complexity index is 573. The quantitative estimate of drug-likeness (QED) is 0.628. The Balaban J connectivity index is 2.11. The minimum atomic E-state index is -4.28. The van der Waals surface area contributed by atoms with E-state index in [0.717, 1.165) is 29.7 Å². The predicted octanol–water partition coefficient (Wildman–Crippen LogP) is 5.69. The molecule has 4 heteroatoms. The van der Waals surface area contributed by atoms with Crippen molar-refractivity contribution >= 4 is 15.9 Å². The Hall–Kier alpha value is -1.29. The van der Waals surface area contributed by atoms with E-state index in [1.165, 1.54) is 17.7 Å². The third-order valence-electron chi connectivity index (χ3n) is 3.10. The molecule has 0 fully saturated rings. The van der Waals surface area contributed by atoms with Crippen LogP contribution in [0.2, 0.25) is 0 Å². The van der Waals surface area contributed by atoms with Crippen molar-refractivity contribution in [2.24, 2.45) is 0 Å². The van der Waals surface area contributed by atoms with Gasteiger partial charge in [0.15, 0.2) is 0 Å². The topological polar surface area (TPSA) is 0 Å². The van der Waals surface area contributed by atoms with Crippen molar-refractivity contribution in [3.05, 3.63) is 70.8 Å². The molecule has 0 nitrogen and oxygen atoms in total. The zero-order valence-electron chi connectivity index (χ0n) is 10.9. The number of alkyl halides is 4. The molecule has 0 aliphatic rings. The van der Waals surface area contributed by atoms with Gasteiger partial charge in [-0.1, -0.05) is 57.9 Å². The molecule has 0 spiro atoms. The smallest absolute Gasteiger partial charge is 0.166 e. The number of halogens is 4.